The maximum Gasteiger partial charge on any atom is 0.336 e. The molecular weight excluding hydrogens is 596 g/mol. The first-order valence-corrected chi connectivity index (χ1v) is 16.1. The lowest BCUT2D eigenvalue weighted by Gasteiger charge is -2.15. The summed E-state index contributed by atoms with van der Waals surface area (Å²) in [5.41, 5.74) is 3.75. The molecule has 1 aliphatic rings. The summed E-state index contributed by atoms with van der Waals surface area (Å²) in [6, 6.07) is 19.8. The summed E-state index contributed by atoms with van der Waals surface area (Å²) in [5.74, 6) is 1.24. The molecule has 0 aromatic heterocycles. The molecule has 0 bridgehead atoms. The number of hydrogen-bond acceptors (Lipinski definition) is 8. The van der Waals surface area contributed by atoms with E-state index >= 15 is 0 Å². The molecule has 3 aromatic carbocycles. The zero-order valence-electron chi connectivity index (χ0n) is 27.3. The molecule has 0 spiro atoms. The van der Waals surface area contributed by atoms with Gasteiger partial charge in [0, 0.05) is 25.9 Å². The minimum Gasteiger partial charge on any atom is -0.501 e. The Morgan fingerprint density at radius 3 is 1.72 bits per heavy atom. The SMILES string of the molecule is COCCCCOc1ccc(/C=C/C(=O)Oc2ccc(OC(=O)/C=C/c3ccc(OCCCCOC=C4CCC4)cc3)c(C)c2)cc1. The Morgan fingerprint density at radius 1 is 0.660 bits per heavy atom. The van der Waals surface area contributed by atoms with Crippen LogP contribution in [0.15, 0.2) is 90.7 Å². The van der Waals surface area contributed by atoms with Gasteiger partial charge in [-0.2, -0.15) is 0 Å². The van der Waals surface area contributed by atoms with Crippen LogP contribution in [0.25, 0.3) is 12.2 Å². The van der Waals surface area contributed by atoms with Crippen LogP contribution in [0.1, 0.15) is 61.6 Å². The summed E-state index contributed by atoms with van der Waals surface area (Å²) in [7, 11) is 1.69. The van der Waals surface area contributed by atoms with Gasteiger partial charge < -0.3 is 28.4 Å². The number of allylic oxidation sites excluding steroid dienone is 1. The van der Waals surface area contributed by atoms with Gasteiger partial charge in [0.15, 0.2) is 0 Å². The average Bonchev–Trinajstić information content (AvgIpc) is 3.05. The van der Waals surface area contributed by atoms with Gasteiger partial charge in [-0.15, -0.1) is 0 Å². The van der Waals surface area contributed by atoms with E-state index in [-0.39, 0.29) is 0 Å². The van der Waals surface area contributed by atoms with Gasteiger partial charge in [-0.25, -0.2) is 9.59 Å². The fourth-order valence-electron chi connectivity index (χ4n) is 4.46. The van der Waals surface area contributed by atoms with E-state index in [9.17, 15) is 9.59 Å². The van der Waals surface area contributed by atoms with Crippen molar-refractivity contribution in [3.8, 4) is 23.0 Å². The number of carbonyl (C=O) groups excluding carboxylic acids is 2. The van der Waals surface area contributed by atoms with Crippen LogP contribution in [0.3, 0.4) is 0 Å². The average molecular weight is 641 g/mol. The van der Waals surface area contributed by atoms with E-state index < -0.39 is 11.9 Å². The van der Waals surface area contributed by atoms with Crippen LogP contribution < -0.4 is 18.9 Å². The third-order valence-corrected chi connectivity index (χ3v) is 7.34. The molecular formula is C39H44O8. The number of carbonyl (C=O) groups is 2. The molecule has 3 aromatic rings. The molecule has 0 heterocycles. The highest BCUT2D eigenvalue weighted by atomic mass is 16.5. The van der Waals surface area contributed by atoms with E-state index in [1.165, 1.54) is 37.0 Å². The summed E-state index contributed by atoms with van der Waals surface area (Å²) in [4.78, 5) is 24.8. The molecule has 0 saturated heterocycles. The molecule has 1 saturated carbocycles. The number of hydrogen-bond donors (Lipinski definition) is 0. The lowest BCUT2D eigenvalue weighted by atomic mass is 9.94. The molecule has 4 rings (SSSR count). The predicted molar refractivity (Wildman–Crippen MR) is 183 cm³/mol. The Bertz CT molecular complexity index is 1500. The van der Waals surface area contributed by atoms with Gasteiger partial charge in [-0.05, 0) is 129 Å². The van der Waals surface area contributed by atoms with Crippen molar-refractivity contribution in [3.63, 3.8) is 0 Å². The molecule has 47 heavy (non-hydrogen) atoms. The molecule has 0 radical (unpaired) electrons. The van der Waals surface area contributed by atoms with Gasteiger partial charge in [-0.1, -0.05) is 24.3 Å². The van der Waals surface area contributed by atoms with Gasteiger partial charge in [0.2, 0.25) is 0 Å². The van der Waals surface area contributed by atoms with Crippen LogP contribution >= 0.6 is 0 Å². The number of ether oxygens (including phenoxy) is 6. The molecule has 1 aliphatic carbocycles. The van der Waals surface area contributed by atoms with Gasteiger partial charge in [0.1, 0.15) is 23.0 Å². The molecule has 0 unspecified atom stereocenters. The number of aryl methyl sites for hydroxylation is 1. The second kappa shape index (κ2) is 19.6. The van der Waals surface area contributed by atoms with Gasteiger partial charge in [0.05, 0.1) is 26.1 Å². The predicted octanol–water partition coefficient (Wildman–Crippen LogP) is 8.28. The minimum atomic E-state index is -0.519. The van der Waals surface area contributed by atoms with Crippen molar-refractivity contribution in [2.75, 3.05) is 33.5 Å². The highest BCUT2D eigenvalue weighted by Gasteiger charge is 2.09. The summed E-state index contributed by atoms with van der Waals surface area (Å²) >= 11 is 0. The molecule has 8 nitrogen and oxygen atoms in total. The lowest BCUT2D eigenvalue weighted by molar-refractivity contribution is -0.130. The van der Waals surface area contributed by atoms with Crippen molar-refractivity contribution >= 4 is 24.1 Å². The first-order valence-electron chi connectivity index (χ1n) is 16.1. The van der Waals surface area contributed by atoms with Crippen molar-refractivity contribution in [2.24, 2.45) is 0 Å². The highest BCUT2D eigenvalue weighted by molar-refractivity contribution is 5.89. The summed E-state index contributed by atoms with van der Waals surface area (Å²) < 4.78 is 33.0. The van der Waals surface area contributed by atoms with E-state index in [1.807, 2.05) is 54.8 Å². The lowest BCUT2D eigenvalue weighted by Crippen LogP contribution is -2.06. The maximum absolute atomic E-state index is 12.5. The Kier molecular flexibility index (Phi) is 14.6. The second-order valence-corrected chi connectivity index (χ2v) is 11.2. The highest BCUT2D eigenvalue weighted by Crippen LogP contribution is 2.25. The number of rotatable bonds is 19. The van der Waals surface area contributed by atoms with Gasteiger partial charge in [0.25, 0.3) is 0 Å². The largest absolute Gasteiger partial charge is 0.501 e. The molecule has 1 fully saturated rings. The van der Waals surface area contributed by atoms with E-state index in [1.54, 1.807) is 44.4 Å². The normalized spacial score (nSPS) is 12.5. The van der Waals surface area contributed by atoms with E-state index in [4.69, 9.17) is 28.4 Å². The Balaban J connectivity index is 1.14. The number of unbranched alkanes of at least 4 members (excludes halogenated alkanes) is 2. The van der Waals surface area contributed by atoms with Crippen molar-refractivity contribution in [2.45, 2.75) is 51.9 Å². The van der Waals surface area contributed by atoms with E-state index in [0.29, 0.717) is 36.9 Å². The first-order chi connectivity index (χ1) is 23.0. The van der Waals surface area contributed by atoms with Gasteiger partial charge >= 0.3 is 11.9 Å². The van der Waals surface area contributed by atoms with Crippen LogP contribution in [0.4, 0.5) is 0 Å². The molecule has 0 aliphatic heterocycles. The quantitative estimate of drug-likeness (QED) is 0.0425. The fourth-order valence-corrected chi connectivity index (χ4v) is 4.46. The number of esters is 2. The van der Waals surface area contributed by atoms with Crippen LogP contribution in [0.5, 0.6) is 23.0 Å². The van der Waals surface area contributed by atoms with Crippen molar-refractivity contribution < 1.29 is 38.0 Å². The smallest absolute Gasteiger partial charge is 0.336 e. The second-order valence-electron chi connectivity index (χ2n) is 11.2. The summed E-state index contributed by atoms with van der Waals surface area (Å²) in [5, 5.41) is 0. The standard InChI is InChI=1S/C39H44O8/c1-30-28-36(46-38(40)22-14-31-10-16-34(17-11-31)44-26-5-3-24-42-2)20-21-37(30)47-39(41)23-15-32-12-18-35(19-13-32)45-27-6-4-25-43-29-33-8-7-9-33/h10-23,28-29H,3-9,24-27H2,1-2H3/b22-14+,23-15+. The Labute approximate surface area is 277 Å². The molecule has 248 valence electrons. The molecule has 8 heteroatoms. The fraction of sp³-hybridized carbons (Fsp3) is 0.333. The van der Waals surface area contributed by atoms with Crippen LogP contribution in [-0.4, -0.2) is 45.5 Å². The van der Waals surface area contributed by atoms with Gasteiger partial charge in [-0.3, -0.25) is 0 Å². The number of benzene rings is 3. The Morgan fingerprint density at radius 2 is 1.19 bits per heavy atom. The molecule has 0 amide bonds. The van der Waals surface area contributed by atoms with E-state index in [0.717, 1.165) is 54.9 Å². The van der Waals surface area contributed by atoms with E-state index in [2.05, 4.69) is 0 Å². The number of methoxy groups -OCH3 is 1. The van der Waals surface area contributed by atoms with Crippen molar-refractivity contribution in [3.05, 3.63) is 107 Å². The minimum absolute atomic E-state index is 0.349. The maximum atomic E-state index is 12.5. The Hall–Kier alpha value is -4.82. The van der Waals surface area contributed by atoms with Crippen LogP contribution in [-0.2, 0) is 19.1 Å². The molecule has 0 atom stereocenters. The zero-order valence-corrected chi connectivity index (χ0v) is 27.3. The first kappa shape index (κ1) is 35.0. The third-order valence-electron chi connectivity index (χ3n) is 7.34. The summed E-state index contributed by atoms with van der Waals surface area (Å²) in [6.45, 7) is 4.46. The third kappa shape index (κ3) is 13.2. The monoisotopic (exact) mass is 640 g/mol. The van der Waals surface area contributed by atoms with Crippen molar-refractivity contribution in [1.82, 2.24) is 0 Å². The molecule has 0 N–H and O–H groups in total. The zero-order chi connectivity index (χ0) is 33.1. The van der Waals surface area contributed by atoms with Crippen LogP contribution in [0.2, 0.25) is 0 Å². The summed E-state index contributed by atoms with van der Waals surface area (Å²) in [6.07, 6.45) is 15.4. The van der Waals surface area contributed by atoms with Crippen LogP contribution in [0, 0.1) is 6.92 Å². The van der Waals surface area contributed by atoms with Crippen molar-refractivity contribution in [1.29, 1.82) is 0 Å². The topological polar surface area (TPSA) is 89.5 Å².